The Morgan fingerprint density at radius 1 is 1.11 bits per heavy atom. The van der Waals surface area contributed by atoms with Gasteiger partial charge in [0.05, 0.1) is 15.7 Å². The first kappa shape index (κ1) is 13.4. The molecule has 1 amide bonds. The smallest absolute Gasteiger partial charge is 0.318 e. The van der Waals surface area contributed by atoms with Gasteiger partial charge in [-0.15, -0.1) is 0 Å². The maximum Gasteiger partial charge on any atom is 0.326 e. The zero-order valence-electron chi connectivity index (χ0n) is 9.29. The topological polar surface area (TPSA) is 94.8 Å². The van der Waals surface area contributed by atoms with E-state index in [9.17, 15) is 14.4 Å². The molecule has 3 N–H and O–H groups in total. The predicted octanol–water partition coefficient (Wildman–Crippen LogP) is 1.62. The number of rotatable bonds is 2. The van der Waals surface area contributed by atoms with Gasteiger partial charge in [0, 0.05) is 6.07 Å². The molecular weight excluding hydrogens is 293 g/mol. The lowest BCUT2D eigenvalue weighted by atomic mass is 10.3. The van der Waals surface area contributed by atoms with Crippen LogP contribution in [0, 0.1) is 0 Å². The van der Waals surface area contributed by atoms with E-state index in [0.717, 1.165) is 6.07 Å². The minimum absolute atomic E-state index is 0.190. The molecule has 0 bridgehead atoms. The number of aromatic amines is 2. The number of halogens is 2. The number of para-hydroxylation sites is 1. The first-order chi connectivity index (χ1) is 8.97. The number of benzene rings is 1. The lowest BCUT2D eigenvalue weighted by Crippen LogP contribution is -2.27. The molecule has 0 spiro atoms. The van der Waals surface area contributed by atoms with E-state index < -0.39 is 17.2 Å². The Hall–Kier alpha value is -2.05. The average Bonchev–Trinajstić information content (AvgIpc) is 2.32. The molecule has 0 saturated carbocycles. The maximum atomic E-state index is 11.9. The summed E-state index contributed by atoms with van der Waals surface area (Å²) in [6, 6.07) is 5.67. The quantitative estimate of drug-likeness (QED) is 0.786. The maximum absolute atomic E-state index is 11.9. The van der Waals surface area contributed by atoms with Gasteiger partial charge < -0.3 is 10.3 Å². The van der Waals surface area contributed by atoms with Gasteiger partial charge in [-0.25, -0.2) is 4.79 Å². The van der Waals surface area contributed by atoms with Gasteiger partial charge in [0.2, 0.25) is 0 Å². The van der Waals surface area contributed by atoms with E-state index >= 15 is 0 Å². The summed E-state index contributed by atoms with van der Waals surface area (Å²) >= 11 is 11.8. The number of hydrogen-bond acceptors (Lipinski definition) is 3. The van der Waals surface area contributed by atoms with Crippen molar-refractivity contribution >= 4 is 34.8 Å². The van der Waals surface area contributed by atoms with Gasteiger partial charge in [-0.1, -0.05) is 29.3 Å². The van der Waals surface area contributed by atoms with Crippen molar-refractivity contribution in [1.82, 2.24) is 9.97 Å². The second-order valence-electron chi connectivity index (χ2n) is 3.55. The van der Waals surface area contributed by atoms with Crippen LogP contribution in [0.4, 0.5) is 5.69 Å². The lowest BCUT2D eigenvalue weighted by Gasteiger charge is -2.08. The van der Waals surface area contributed by atoms with E-state index in [1.807, 2.05) is 4.98 Å². The fourth-order valence-corrected chi connectivity index (χ4v) is 1.88. The predicted molar refractivity (Wildman–Crippen MR) is 72.1 cm³/mol. The van der Waals surface area contributed by atoms with Crippen molar-refractivity contribution in [3.05, 3.63) is 60.8 Å². The van der Waals surface area contributed by atoms with Crippen molar-refractivity contribution in [3.63, 3.8) is 0 Å². The Bertz CT molecular complexity index is 703. The van der Waals surface area contributed by atoms with Crippen molar-refractivity contribution in [2.24, 2.45) is 0 Å². The van der Waals surface area contributed by atoms with Crippen LogP contribution >= 0.6 is 23.2 Å². The van der Waals surface area contributed by atoms with Gasteiger partial charge in [0.1, 0.15) is 5.69 Å². The minimum Gasteiger partial charge on any atom is -0.318 e. The van der Waals surface area contributed by atoms with E-state index in [-0.39, 0.29) is 21.4 Å². The summed E-state index contributed by atoms with van der Waals surface area (Å²) in [5.41, 5.74) is -1.44. The molecule has 1 aromatic carbocycles. The Kier molecular flexibility index (Phi) is 3.73. The van der Waals surface area contributed by atoms with Crippen LogP contribution in [0.1, 0.15) is 10.5 Å². The molecule has 0 unspecified atom stereocenters. The number of aromatic nitrogens is 2. The Balaban J connectivity index is 2.36. The van der Waals surface area contributed by atoms with Crippen LogP contribution in [0.25, 0.3) is 0 Å². The molecular formula is C11H7Cl2N3O3. The molecule has 2 rings (SSSR count). The molecule has 8 heteroatoms. The molecule has 0 fully saturated rings. The minimum atomic E-state index is -0.775. The lowest BCUT2D eigenvalue weighted by molar-refractivity contribution is 0.102. The Morgan fingerprint density at radius 3 is 2.32 bits per heavy atom. The average molecular weight is 300 g/mol. The highest BCUT2D eigenvalue weighted by molar-refractivity contribution is 6.39. The molecule has 1 heterocycles. The first-order valence-electron chi connectivity index (χ1n) is 5.06. The van der Waals surface area contributed by atoms with Crippen molar-refractivity contribution in [2.75, 3.05) is 5.32 Å². The van der Waals surface area contributed by atoms with Gasteiger partial charge >= 0.3 is 5.69 Å². The highest BCUT2D eigenvalue weighted by Crippen LogP contribution is 2.29. The molecule has 2 aromatic rings. The second kappa shape index (κ2) is 5.29. The van der Waals surface area contributed by atoms with Gasteiger partial charge in [-0.2, -0.15) is 0 Å². The summed E-state index contributed by atoms with van der Waals surface area (Å²) in [5.74, 6) is -0.696. The van der Waals surface area contributed by atoms with Crippen molar-refractivity contribution in [3.8, 4) is 0 Å². The van der Waals surface area contributed by atoms with Gasteiger partial charge in [0.15, 0.2) is 0 Å². The van der Waals surface area contributed by atoms with Crippen LogP contribution in [0.5, 0.6) is 0 Å². The van der Waals surface area contributed by atoms with Crippen LogP contribution in [0.3, 0.4) is 0 Å². The van der Waals surface area contributed by atoms with E-state index in [2.05, 4.69) is 10.3 Å². The third-order valence-electron chi connectivity index (χ3n) is 2.21. The van der Waals surface area contributed by atoms with Crippen LogP contribution in [-0.2, 0) is 0 Å². The summed E-state index contributed by atoms with van der Waals surface area (Å²) in [5, 5.41) is 2.91. The number of hydrogen-bond donors (Lipinski definition) is 3. The third-order valence-corrected chi connectivity index (χ3v) is 2.84. The van der Waals surface area contributed by atoms with E-state index in [1.54, 1.807) is 18.2 Å². The summed E-state index contributed by atoms with van der Waals surface area (Å²) < 4.78 is 0. The summed E-state index contributed by atoms with van der Waals surface area (Å²) in [4.78, 5) is 38.2. The SMILES string of the molecule is O=C(Nc1c(Cl)cccc1Cl)c1cc(=O)[nH]c(=O)[nH]1. The largest absolute Gasteiger partial charge is 0.326 e. The van der Waals surface area contributed by atoms with E-state index in [0.29, 0.717) is 0 Å². The van der Waals surface area contributed by atoms with Crippen molar-refractivity contribution in [2.45, 2.75) is 0 Å². The van der Waals surface area contributed by atoms with Gasteiger partial charge in [-0.3, -0.25) is 14.6 Å². The molecule has 0 aliphatic carbocycles. The van der Waals surface area contributed by atoms with Crippen LogP contribution < -0.4 is 16.6 Å². The van der Waals surface area contributed by atoms with Crippen molar-refractivity contribution < 1.29 is 4.79 Å². The molecule has 0 saturated heterocycles. The van der Waals surface area contributed by atoms with Crippen molar-refractivity contribution in [1.29, 1.82) is 0 Å². The van der Waals surface area contributed by atoms with Crippen LogP contribution in [-0.4, -0.2) is 15.9 Å². The molecule has 0 atom stereocenters. The fourth-order valence-electron chi connectivity index (χ4n) is 1.39. The van der Waals surface area contributed by atoms with Crippen LogP contribution in [0.2, 0.25) is 10.0 Å². The van der Waals surface area contributed by atoms with E-state index in [1.165, 1.54) is 0 Å². The van der Waals surface area contributed by atoms with Gasteiger partial charge in [-0.05, 0) is 12.1 Å². The number of H-pyrrole nitrogens is 2. The number of anilines is 1. The number of carbonyl (C=O) groups excluding carboxylic acids is 1. The summed E-state index contributed by atoms with van der Waals surface area (Å²) in [6.45, 7) is 0. The highest BCUT2D eigenvalue weighted by Gasteiger charge is 2.12. The fraction of sp³-hybridized carbons (Fsp3) is 0. The number of nitrogens with one attached hydrogen (secondary N) is 3. The number of amides is 1. The Morgan fingerprint density at radius 2 is 1.74 bits per heavy atom. The molecule has 6 nitrogen and oxygen atoms in total. The molecule has 0 aliphatic heterocycles. The summed E-state index contributed by atoms with van der Waals surface area (Å²) in [6.07, 6.45) is 0. The molecule has 0 aliphatic rings. The highest BCUT2D eigenvalue weighted by atomic mass is 35.5. The zero-order valence-corrected chi connectivity index (χ0v) is 10.8. The molecule has 0 radical (unpaired) electrons. The summed E-state index contributed by atoms with van der Waals surface area (Å²) in [7, 11) is 0. The monoisotopic (exact) mass is 299 g/mol. The normalized spacial score (nSPS) is 10.2. The number of carbonyl (C=O) groups is 1. The van der Waals surface area contributed by atoms with Crippen LogP contribution in [0.15, 0.2) is 33.9 Å². The first-order valence-corrected chi connectivity index (χ1v) is 5.82. The zero-order chi connectivity index (χ0) is 14.0. The molecule has 98 valence electrons. The van der Waals surface area contributed by atoms with Gasteiger partial charge in [0.25, 0.3) is 11.5 Å². The van der Waals surface area contributed by atoms with E-state index in [4.69, 9.17) is 23.2 Å². The molecule has 19 heavy (non-hydrogen) atoms. The standard InChI is InChI=1S/C11H7Cl2N3O3/c12-5-2-1-3-6(13)9(5)16-10(18)7-4-8(17)15-11(19)14-7/h1-4H,(H,16,18)(H2,14,15,17,19). The second-order valence-corrected chi connectivity index (χ2v) is 4.37. The Labute approximate surface area is 116 Å². The third kappa shape index (κ3) is 3.04. The molecule has 1 aromatic heterocycles.